The first-order chi connectivity index (χ1) is 16.6. The van der Waals surface area contributed by atoms with Crippen molar-refractivity contribution in [3.05, 3.63) is 24.6 Å². The number of carboxylic acid groups (broad SMARTS) is 1. The Labute approximate surface area is 210 Å². The van der Waals surface area contributed by atoms with Gasteiger partial charge in [0.15, 0.2) is 0 Å². The Morgan fingerprint density at radius 1 is 0.853 bits per heavy atom. The first-order valence-electron chi connectivity index (χ1n) is 14.3. The van der Waals surface area contributed by atoms with Crippen molar-refractivity contribution in [1.82, 2.24) is 0 Å². The van der Waals surface area contributed by atoms with Gasteiger partial charge in [-0.15, -0.1) is 0 Å². The van der Waals surface area contributed by atoms with E-state index in [1.165, 1.54) is 109 Å². The van der Waals surface area contributed by atoms with Gasteiger partial charge in [0, 0.05) is 13.0 Å². The molecule has 0 amide bonds. The first kappa shape index (κ1) is 30.6. The second kappa shape index (κ2) is 20.9. The van der Waals surface area contributed by atoms with Crippen LogP contribution in [0.3, 0.4) is 0 Å². The zero-order chi connectivity index (χ0) is 24.7. The zero-order valence-corrected chi connectivity index (χ0v) is 22.2. The Bertz CT molecular complexity index is 600. The third-order valence-electron chi connectivity index (χ3n) is 6.94. The summed E-state index contributed by atoms with van der Waals surface area (Å²) in [5, 5.41) is 11.2. The average molecular weight is 476 g/mol. The number of amidine groups is 1. The van der Waals surface area contributed by atoms with Crippen molar-refractivity contribution in [3.8, 4) is 0 Å². The van der Waals surface area contributed by atoms with Crippen molar-refractivity contribution >= 4 is 11.8 Å². The van der Waals surface area contributed by atoms with Crippen LogP contribution in [0.25, 0.3) is 0 Å². The largest absolute Gasteiger partial charge is 0.544 e. The van der Waals surface area contributed by atoms with Crippen LogP contribution < -0.4 is 10.8 Å². The third kappa shape index (κ3) is 14.7. The quantitative estimate of drug-likeness (QED) is 0.0999. The predicted octanol–water partition coefficient (Wildman–Crippen LogP) is 6.38. The van der Waals surface area contributed by atoms with E-state index in [4.69, 9.17) is 5.73 Å². The lowest BCUT2D eigenvalue weighted by Gasteiger charge is -2.32. The van der Waals surface area contributed by atoms with Crippen LogP contribution in [0.1, 0.15) is 129 Å². The Morgan fingerprint density at radius 3 is 1.85 bits per heavy atom. The highest BCUT2D eigenvalue weighted by Gasteiger charge is 2.34. The van der Waals surface area contributed by atoms with E-state index in [1.54, 1.807) is 6.20 Å². The van der Waals surface area contributed by atoms with Crippen molar-refractivity contribution in [3.63, 3.8) is 0 Å². The van der Waals surface area contributed by atoms with Crippen molar-refractivity contribution < 1.29 is 14.4 Å². The number of carboxylic acids is 1. The summed E-state index contributed by atoms with van der Waals surface area (Å²) in [7, 11) is 0. The number of hydrogen-bond donors (Lipinski definition) is 1. The standard InChI is InChI=1S/C29H53N3O2/c1-2-3-4-5-6-7-8-9-10-11-12-13-14-15-16-17-18-19-20-21-22-28-31-24-26-32(28,25-23-30)27-29(33)34/h7-8,24,26H,2-6,9-23,25,27,30H2,1H3/b8-7+. The fourth-order valence-corrected chi connectivity index (χ4v) is 4.86. The second-order valence-corrected chi connectivity index (χ2v) is 10.0. The van der Waals surface area contributed by atoms with Crippen LogP contribution in [-0.4, -0.2) is 35.9 Å². The normalized spacial score (nSPS) is 17.6. The fourth-order valence-electron chi connectivity index (χ4n) is 4.86. The molecule has 1 aliphatic rings. The summed E-state index contributed by atoms with van der Waals surface area (Å²) in [6.07, 6.45) is 33.0. The number of nitrogens with zero attached hydrogens (tertiary/aromatic N) is 2. The molecular formula is C29H53N3O2. The average Bonchev–Trinajstić information content (AvgIpc) is 3.19. The summed E-state index contributed by atoms with van der Waals surface area (Å²) in [4.78, 5) is 15.6. The molecule has 34 heavy (non-hydrogen) atoms. The van der Waals surface area contributed by atoms with Gasteiger partial charge < -0.3 is 15.6 Å². The summed E-state index contributed by atoms with van der Waals surface area (Å²) in [5.41, 5.74) is 5.72. The molecule has 0 aromatic rings. The molecule has 0 bridgehead atoms. The molecule has 1 unspecified atom stereocenters. The summed E-state index contributed by atoms with van der Waals surface area (Å²) >= 11 is 0. The molecule has 0 fully saturated rings. The lowest BCUT2D eigenvalue weighted by atomic mass is 10.0. The highest BCUT2D eigenvalue weighted by Crippen LogP contribution is 2.21. The molecule has 1 rings (SSSR count). The Hall–Kier alpha value is -1.46. The predicted molar refractivity (Wildman–Crippen MR) is 143 cm³/mol. The van der Waals surface area contributed by atoms with E-state index in [0.717, 1.165) is 18.7 Å². The number of carbonyl (C=O) groups is 1. The van der Waals surface area contributed by atoms with E-state index in [-0.39, 0.29) is 11.0 Å². The van der Waals surface area contributed by atoms with Gasteiger partial charge in [0.25, 0.3) is 0 Å². The molecule has 5 nitrogen and oxygen atoms in total. The van der Waals surface area contributed by atoms with Gasteiger partial charge in [-0.3, -0.25) is 0 Å². The molecular weight excluding hydrogens is 422 g/mol. The second-order valence-electron chi connectivity index (χ2n) is 10.0. The summed E-state index contributed by atoms with van der Waals surface area (Å²) in [6, 6.07) is 0. The van der Waals surface area contributed by atoms with Crippen LogP contribution in [0.4, 0.5) is 0 Å². The van der Waals surface area contributed by atoms with E-state index in [0.29, 0.717) is 13.1 Å². The van der Waals surface area contributed by atoms with Crippen molar-refractivity contribution in [2.75, 3.05) is 19.6 Å². The molecule has 5 heteroatoms. The smallest absolute Gasteiger partial charge is 0.207 e. The minimum atomic E-state index is -1.05. The monoisotopic (exact) mass is 475 g/mol. The summed E-state index contributed by atoms with van der Waals surface area (Å²) < 4.78 is 0.245. The van der Waals surface area contributed by atoms with Gasteiger partial charge >= 0.3 is 0 Å². The number of rotatable bonds is 24. The van der Waals surface area contributed by atoms with Gasteiger partial charge in [-0.1, -0.05) is 103 Å². The number of quaternary nitrogens is 1. The maximum atomic E-state index is 11.2. The van der Waals surface area contributed by atoms with E-state index in [2.05, 4.69) is 24.1 Å². The molecule has 1 aliphatic heterocycles. The van der Waals surface area contributed by atoms with Gasteiger partial charge in [0.05, 0.1) is 12.2 Å². The lowest BCUT2D eigenvalue weighted by molar-refractivity contribution is -0.780. The van der Waals surface area contributed by atoms with Gasteiger partial charge in [0.2, 0.25) is 5.84 Å². The van der Waals surface area contributed by atoms with E-state index < -0.39 is 5.97 Å². The highest BCUT2D eigenvalue weighted by atomic mass is 16.4. The number of aliphatic imine (C=N–C) groups is 1. The minimum absolute atomic E-state index is 0.0667. The maximum absolute atomic E-state index is 11.2. The van der Waals surface area contributed by atoms with Crippen molar-refractivity contribution in [2.24, 2.45) is 10.7 Å². The molecule has 2 N–H and O–H groups in total. The van der Waals surface area contributed by atoms with Gasteiger partial charge in [-0.25, -0.2) is 9.48 Å². The highest BCUT2D eigenvalue weighted by molar-refractivity contribution is 5.80. The number of carbonyl (C=O) groups excluding carboxylic acids is 1. The van der Waals surface area contributed by atoms with E-state index in [1.807, 2.05) is 6.20 Å². The minimum Gasteiger partial charge on any atom is -0.544 e. The van der Waals surface area contributed by atoms with Gasteiger partial charge in [-0.2, -0.15) is 0 Å². The van der Waals surface area contributed by atoms with Gasteiger partial charge in [0.1, 0.15) is 19.3 Å². The number of aliphatic carboxylic acids is 1. The van der Waals surface area contributed by atoms with Crippen molar-refractivity contribution in [1.29, 1.82) is 0 Å². The maximum Gasteiger partial charge on any atom is 0.207 e. The summed E-state index contributed by atoms with van der Waals surface area (Å²) in [5.74, 6) is -0.124. The molecule has 196 valence electrons. The molecule has 1 heterocycles. The summed E-state index contributed by atoms with van der Waals surface area (Å²) in [6.45, 7) is 3.21. The first-order valence-corrected chi connectivity index (χ1v) is 14.3. The molecule has 0 spiro atoms. The van der Waals surface area contributed by atoms with Crippen LogP contribution in [-0.2, 0) is 4.79 Å². The lowest BCUT2D eigenvalue weighted by Crippen LogP contribution is -2.55. The molecule has 0 saturated carbocycles. The topological polar surface area (TPSA) is 78.5 Å². The molecule has 0 radical (unpaired) electrons. The van der Waals surface area contributed by atoms with Crippen LogP contribution in [0, 0.1) is 0 Å². The van der Waals surface area contributed by atoms with Crippen LogP contribution in [0.15, 0.2) is 29.5 Å². The van der Waals surface area contributed by atoms with Crippen molar-refractivity contribution in [2.45, 2.75) is 129 Å². The number of unbranched alkanes of at least 4 members (excludes halogenated alkanes) is 16. The molecule has 0 saturated heterocycles. The number of allylic oxidation sites excluding steroid dienone is 2. The Balaban J connectivity index is 1.89. The van der Waals surface area contributed by atoms with Crippen LogP contribution in [0.2, 0.25) is 0 Å². The number of nitrogens with two attached hydrogens (primary N) is 1. The van der Waals surface area contributed by atoms with Crippen LogP contribution in [0.5, 0.6) is 0 Å². The Kier molecular flexibility index (Phi) is 18.8. The van der Waals surface area contributed by atoms with E-state index >= 15 is 0 Å². The zero-order valence-electron chi connectivity index (χ0n) is 22.2. The Morgan fingerprint density at radius 2 is 1.35 bits per heavy atom. The molecule has 0 aromatic carbocycles. The number of hydrogen-bond acceptors (Lipinski definition) is 4. The fraction of sp³-hybridized carbons (Fsp3) is 0.793. The molecule has 0 aromatic heterocycles. The molecule has 0 aliphatic carbocycles. The van der Waals surface area contributed by atoms with Crippen LogP contribution >= 0.6 is 0 Å². The van der Waals surface area contributed by atoms with Gasteiger partial charge in [-0.05, 0) is 32.1 Å². The third-order valence-corrected chi connectivity index (χ3v) is 6.94. The SMILES string of the molecule is CCCCCC/C=C/CCCCCCCCCCCCCCC1=NC=C[N+]1(CCN)CC(=O)[O-]. The molecule has 1 atom stereocenters. The van der Waals surface area contributed by atoms with E-state index in [9.17, 15) is 9.90 Å².